The molecule has 1 aliphatic rings. The van der Waals surface area contributed by atoms with Gasteiger partial charge in [-0.15, -0.1) is 6.58 Å². The number of hydrogen-bond donors (Lipinski definition) is 0. The first-order chi connectivity index (χ1) is 16.2. The third-order valence-electron chi connectivity index (χ3n) is 7.15. The fourth-order valence-corrected chi connectivity index (χ4v) is 5.14. The van der Waals surface area contributed by atoms with E-state index in [1.165, 1.54) is 55.2 Å². The summed E-state index contributed by atoms with van der Waals surface area (Å²) < 4.78 is 19.3. The predicted octanol–water partition coefficient (Wildman–Crippen LogP) is 8.94. The second-order valence-electron chi connectivity index (χ2n) is 9.38. The van der Waals surface area contributed by atoms with Gasteiger partial charge in [0.2, 0.25) is 0 Å². The number of ether oxygens (including phenoxy) is 1. The summed E-state index contributed by atoms with van der Waals surface area (Å²) in [6, 6.07) is 22.9. The summed E-state index contributed by atoms with van der Waals surface area (Å²) in [5.41, 5.74) is 6.38. The Morgan fingerprint density at radius 1 is 0.848 bits per heavy atom. The van der Waals surface area contributed by atoms with Crippen molar-refractivity contribution >= 4 is 0 Å². The molecule has 0 atom stereocenters. The summed E-state index contributed by atoms with van der Waals surface area (Å²) in [5.74, 6) is 1.39. The van der Waals surface area contributed by atoms with Gasteiger partial charge in [0.1, 0.15) is 5.82 Å². The smallest absolute Gasteiger partial charge is 0.129 e. The number of rotatable bonds is 9. The molecule has 0 N–H and O–H groups in total. The molecule has 0 radical (unpaired) electrons. The molecular formula is C31H35FO. The minimum atomic E-state index is -0.222. The van der Waals surface area contributed by atoms with Crippen molar-refractivity contribution in [3.8, 4) is 22.3 Å². The maximum absolute atomic E-state index is 14.3. The molecule has 172 valence electrons. The van der Waals surface area contributed by atoms with Gasteiger partial charge >= 0.3 is 0 Å². The van der Waals surface area contributed by atoms with E-state index < -0.39 is 0 Å². The molecule has 1 aliphatic carbocycles. The molecule has 0 heterocycles. The largest absolute Gasteiger partial charge is 0.380 e. The van der Waals surface area contributed by atoms with Crippen molar-refractivity contribution in [2.24, 2.45) is 5.92 Å². The van der Waals surface area contributed by atoms with Crippen molar-refractivity contribution in [2.45, 2.75) is 57.5 Å². The van der Waals surface area contributed by atoms with Crippen LogP contribution in [0.3, 0.4) is 0 Å². The van der Waals surface area contributed by atoms with E-state index in [1.807, 2.05) is 12.1 Å². The zero-order valence-electron chi connectivity index (χ0n) is 19.7. The lowest BCUT2D eigenvalue weighted by molar-refractivity contribution is 0.181. The van der Waals surface area contributed by atoms with Crippen LogP contribution >= 0.6 is 0 Å². The number of hydrogen-bond acceptors (Lipinski definition) is 1. The van der Waals surface area contributed by atoms with Gasteiger partial charge in [-0.1, -0.05) is 73.2 Å². The molecule has 0 spiro atoms. The van der Waals surface area contributed by atoms with E-state index in [0.717, 1.165) is 23.5 Å². The zero-order valence-corrected chi connectivity index (χ0v) is 19.7. The van der Waals surface area contributed by atoms with Crippen molar-refractivity contribution in [1.82, 2.24) is 0 Å². The topological polar surface area (TPSA) is 9.23 Å². The van der Waals surface area contributed by atoms with E-state index >= 15 is 0 Å². The average molecular weight is 443 g/mol. The van der Waals surface area contributed by atoms with Crippen LogP contribution in [0.1, 0.15) is 62.0 Å². The molecule has 0 saturated heterocycles. The van der Waals surface area contributed by atoms with Gasteiger partial charge < -0.3 is 4.74 Å². The van der Waals surface area contributed by atoms with Crippen molar-refractivity contribution in [3.63, 3.8) is 0 Å². The van der Waals surface area contributed by atoms with Gasteiger partial charge in [-0.3, -0.25) is 0 Å². The van der Waals surface area contributed by atoms with Crippen LogP contribution in [0.5, 0.6) is 0 Å². The summed E-state index contributed by atoms with van der Waals surface area (Å²) in [5, 5.41) is 0. The second-order valence-corrected chi connectivity index (χ2v) is 9.38. The number of unbranched alkanes of at least 4 members (excludes halogenated alkanes) is 1. The average Bonchev–Trinajstić information content (AvgIpc) is 2.86. The van der Waals surface area contributed by atoms with Crippen LogP contribution in [0.4, 0.5) is 4.39 Å². The molecule has 0 bridgehead atoms. The molecule has 1 fully saturated rings. The summed E-state index contributed by atoms with van der Waals surface area (Å²) in [6.07, 6.45) is 11.2. The third kappa shape index (κ3) is 6.00. The van der Waals surface area contributed by atoms with Crippen LogP contribution in [0, 0.1) is 11.7 Å². The van der Waals surface area contributed by atoms with Crippen molar-refractivity contribution < 1.29 is 9.13 Å². The van der Waals surface area contributed by atoms with Crippen molar-refractivity contribution in [1.29, 1.82) is 0 Å². The van der Waals surface area contributed by atoms with Crippen molar-refractivity contribution in [2.75, 3.05) is 7.11 Å². The second kappa shape index (κ2) is 11.4. The lowest BCUT2D eigenvalue weighted by Crippen LogP contribution is -2.13. The Morgan fingerprint density at radius 3 is 2.00 bits per heavy atom. The van der Waals surface area contributed by atoms with E-state index in [2.05, 4.69) is 55.1 Å². The van der Waals surface area contributed by atoms with E-state index in [4.69, 9.17) is 4.74 Å². The third-order valence-corrected chi connectivity index (χ3v) is 7.15. The Labute approximate surface area is 198 Å². The molecule has 0 amide bonds. The number of halogens is 1. The highest BCUT2D eigenvalue weighted by molar-refractivity contribution is 5.70. The molecule has 33 heavy (non-hydrogen) atoms. The van der Waals surface area contributed by atoms with Crippen LogP contribution < -0.4 is 0 Å². The lowest BCUT2D eigenvalue weighted by Gasteiger charge is -2.29. The fraction of sp³-hybridized carbons (Fsp3) is 0.355. The SMILES string of the molecule is C=CCCC[C@H]1CC[C@H](c2ccc(-c3ccc(-c4ccc(COC)c(F)c4)cc3)cc2)CC1. The van der Waals surface area contributed by atoms with Crippen LogP contribution in [0.2, 0.25) is 0 Å². The van der Waals surface area contributed by atoms with Gasteiger partial charge in [-0.25, -0.2) is 4.39 Å². The molecule has 3 aromatic carbocycles. The van der Waals surface area contributed by atoms with Crippen LogP contribution in [-0.4, -0.2) is 7.11 Å². The van der Waals surface area contributed by atoms with Crippen LogP contribution in [0.25, 0.3) is 22.3 Å². The van der Waals surface area contributed by atoms with Crippen LogP contribution in [-0.2, 0) is 11.3 Å². The van der Waals surface area contributed by atoms with E-state index in [1.54, 1.807) is 19.2 Å². The molecule has 0 aromatic heterocycles. The summed E-state index contributed by atoms with van der Waals surface area (Å²) in [7, 11) is 1.58. The van der Waals surface area contributed by atoms with Gasteiger partial charge in [0.15, 0.2) is 0 Å². The number of benzene rings is 3. The normalized spacial score (nSPS) is 18.2. The predicted molar refractivity (Wildman–Crippen MR) is 137 cm³/mol. The Morgan fingerprint density at radius 2 is 1.42 bits per heavy atom. The first kappa shape index (κ1) is 23.4. The van der Waals surface area contributed by atoms with E-state index in [-0.39, 0.29) is 12.4 Å². The van der Waals surface area contributed by atoms with Gasteiger partial charge in [-0.05, 0) is 84.2 Å². The minimum Gasteiger partial charge on any atom is -0.380 e. The highest BCUT2D eigenvalue weighted by Crippen LogP contribution is 2.38. The molecule has 0 unspecified atom stereocenters. The Balaban J connectivity index is 1.37. The summed E-state index contributed by atoms with van der Waals surface area (Å²) >= 11 is 0. The molecule has 3 aromatic rings. The minimum absolute atomic E-state index is 0.222. The maximum Gasteiger partial charge on any atom is 0.129 e. The molecule has 0 aliphatic heterocycles. The zero-order chi connectivity index (χ0) is 23.0. The number of methoxy groups -OCH3 is 1. The number of allylic oxidation sites excluding steroid dienone is 1. The Kier molecular flexibility index (Phi) is 8.12. The van der Waals surface area contributed by atoms with Gasteiger partial charge in [0, 0.05) is 12.7 Å². The quantitative estimate of drug-likeness (QED) is 0.237. The Hall–Kier alpha value is -2.71. The van der Waals surface area contributed by atoms with Crippen LogP contribution in [0.15, 0.2) is 79.4 Å². The molecule has 1 nitrogen and oxygen atoms in total. The molecule has 1 saturated carbocycles. The van der Waals surface area contributed by atoms with E-state index in [9.17, 15) is 4.39 Å². The molecular weight excluding hydrogens is 407 g/mol. The molecule has 2 heteroatoms. The summed E-state index contributed by atoms with van der Waals surface area (Å²) in [4.78, 5) is 0. The van der Waals surface area contributed by atoms with Gasteiger partial charge in [0.25, 0.3) is 0 Å². The highest BCUT2D eigenvalue weighted by atomic mass is 19.1. The lowest BCUT2D eigenvalue weighted by atomic mass is 9.77. The Bertz CT molecular complexity index is 1030. The standard InChI is InChI=1S/C31H35FO/c1-3-4-5-6-23-7-9-24(10-8-23)25-11-13-26(14-12-25)27-15-17-28(18-16-27)29-19-20-30(22-33-2)31(32)21-29/h3,11-21,23-24H,1,4-10,22H2,2H3/t23-,24-. The highest BCUT2D eigenvalue weighted by Gasteiger charge is 2.22. The first-order valence-corrected chi connectivity index (χ1v) is 12.3. The fourth-order valence-electron chi connectivity index (χ4n) is 5.14. The van der Waals surface area contributed by atoms with Crippen molar-refractivity contribution in [3.05, 3.63) is 96.3 Å². The van der Waals surface area contributed by atoms with E-state index in [0.29, 0.717) is 11.5 Å². The van der Waals surface area contributed by atoms with Gasteiger partial charge in [0.05, 0.1) is 6.61 Å². The first-order valence-electron chi connectivity index (χ1n) is 12.3. The molecule has 4 rings (SSSR count). The van der Waals surface area contributed by atoms with Gasteiger partial charge in [-0.2, -0.15) is 0 Å². The summed E-state index contributed by atoms with van der Waals surface area (Å²) in [6.45, 7) is 4.13. The monoisotopic (exact) mass is 442 g/mol. The maximum atomic E-state index is 14.3.